The molecule has 0 N–H and O–H groups in total. The van der Waals surface area contributed by atoms with Crippen LogP contribution in [0.15, 0.2) is 3.92 Å². The first kappa shape index (κ1) is 14.8. The number of halogens is 1. The molecule has 6 heteroatoms. The largest absolute Gasteiger partial charge is 0.444 e. The molecule has 19 heavy (non-hydrogen) atoms. The van der Waals surface area contributed by atoms with Crippen LogP contribution < -0.4 is 0 Å². The zero-order chi connectivity index (χ0) is 14.4. The second-order valence-electron chi connectivity index (χ2n) is 6.07. The maximum Gasteiger partial charge on any atom is 0.411 e. The lowest BCUT2D eigenvalue weighted by Gasteiger charge is -2.30. The number of hydrogen-bond acceptors (Lipinski definition) is 4. The molecule has 2 heterocycles. The third-order valence-electron chi connectivity index (χ3n) is 2.89. The molecule has 106 valence electrons. The summed E-state index contributed by atoms with van der Waals surface area (Å²) < 4.78 is 6.37. The van der Waals surface area contributed by atoms with Crippen LogP contribution in [0.25, 0.3) is 0 Å². The Morgan fingerprint density at radius 2 is 2.16 bits per heavy atom. The minimum absolute atomic E-state index is 0.00685. The number of rotatable bonds is 1. The number of nitrogens with zero attached hydrogens (tertiary/aromatic N) is 2. The Kier molecular flexibility index (Phi) is 3.93. The van der Waals surface area contributed by atoms with Crippen molar-refractivity contribution in [3.05, 3.63) is 14.5 Å². The van der Waals surface area contributed by atoms with Crippen LogP contribution in [-0.2, 0) is 11.3 Å². The van der Waals surface area contributed by atoms with Gasteiger partial charge in [0, 0.05) is 0 Å². The van der Waals surface area contributed by atoms with Crippen molar-refractivity contribution >= 4 is 33.4 Å². The number of thiazole rings is 1. The van der Waals surface area contributed by atoms with Gasteiger partial charge in [0.05, 0.1) is 23.2 Å². The Bertz CT molecular complexity index is 493. The van der Waals surface area contributed by atoms with Crippen LogP contribution in [0.2, 0.25) is 0 Å². The topological polar surface area (TPSA) is 42.4 Å². The molecule has 0 unspecified atom stereocenters. The van der Waals surface area contributed by atoms with E-state index in [1.165, 1.54) is 0 Å². The normalized spacial score (nSPS) is 18.9. The van der Waals surface area contributed by atoms with Gasteiger partial charge in [0.15, 0.2) is 3.92 Å². The number of fused-ring (bicyclic) bond motifs is 1. The van der Waals surface area contributed by atoms with Crippen LogP contribution in [0.1, 0.15) is 51.2 Å². The quantitative estimate of drug-likeness (QED) is 0.758. The number of carbonyl (C=O) groups is 1. The number of aromatic nitrogens is 1. The molecule has 0 saturated heterocycles. The lowest BCUT2D eigenvalue weighted by atomic mass is 10.0. The Morgan fingerprint density at radius 1 is 1.53 bits per heavy atom. The van der Waals surface area contributed by atoms with Gasteiger partial charge >= 0.3 is 6.09 Å². The number of ether oxygens (including phenoxy) is 1. The summed E-state index contributed by atoms with van der Waals surface area (Å²) in [4.78, 5) is 19.7. The first-order valence-electron chi connectivity index (χ1n) is 6.34. The molecule has 0 bridgehead atoms. The van der Waals surface area contributed by atoms with E-state index in [0.29, 0.717) is 12.5 Å². The molecule has 2 rings (SSSR count). The zero-order valence-corrected chi connectivity index (χ0v) is 14.3. The molecule has 0 aliphatic carbocycles. The second kappa shape index (κ2) is 5.05. The second-order valence-corrected chi connectivity index (χ2v) is 8.43. The molecule has 1 aliphatic rings. The van der Waals surface area contributed by atoms with E-state index >= 15 is 0 Å². The summed E-state index contributed by atoms with van der Waals surface area (Å²) >= 11 is 5.01. The summed E-state index contributed by atoms with van der Waals surface area (Å²) in [7, 11) is 0. The summed E-state index contributed by atoms with van der Waals surface area (Å²) in [6, 6.07) is 0.00685. The van der Waals surface area contributed by atoms with E-state index < -0.39 is 5.60 Å². The van der Waals surface area contributed by atoms with Gasteiger partial charge in [-0.1, -0.05) is 13.8 Å². The minimum atomic E-state index is -0.470. The molecule has 0 radical (unpaired) electrons. The Morgan fingerprint density at radius 3 is 2.68 bits per heavy atom. The van der Waals surface area contributed by atoms with Gasteiger partial charge in [-0.3, -0.25) is 4.90 Å². The lowest BCUT2D eigenvalue weighted by molar-refractivity contribution is 0.0124. The van der Waals surface area contributed by atoms with E-state index in [4.69, 9.17) is 4.74 Å². The van der Waals surface area contributed by atoms with Gasteiger partial charge in [0.25, 0.3) is 0 Å². The molecule has 0 aromatic carbocycles. The Balaban J connectivity index is 2.24. The van der Waals surface area contributed by atoms with E-state index in [-0.39, 0.29) is 12.1 Å². The number of hydrogen-bond donors (Lipinski definition) is 0. The average molecular weight is 347 g/mol. The maximum atomic E-state index is 12.3. The van der Waals surface area contributed by atoms with Crippen molar-refractivity contribution in [1.82, 2.24) is 9.88 Å². The highest BCUT2D eigenvalue weighted by Gasteiger charge is 2.40. The number of amides is 1. The molecule has 0 saturated carbocycles. The van der Waals surface area contributed by atoms with E-state index in [0.717, 1.165) is 14.5 Å². The first-order valence-corrected chi connectivity index (χ1v) is 7.94. The summed E-state index contributed by atoms with van der Waals surface area (Å²) in [5.74, 6) is 0.308. The van der Waals surface area contributed by atoms with Crippen LogP contribution in [0.3, 0.4) is 0 Å². The van der Waals surface area contributed by atoms with Crippen molar-refractivity contribution in [2.24, 2.45) is 5.92 Å². The van der Waals surface area contributed by atoms with Crippen molar-refractivity contribution in [3.8, 4) is 0 Å². The van der Waals surface area contributed by atoms with Crippen molar-refractivity contribution < 1.29 is 9.53 Å². The van der Waals surface area contributed by atoms with Gasteiger partial charge in [0.2, 0.25) is 0 Å². The number of carbonyl (C=O) groups excluding carboxylic acids is 1. The molecule has 1 atom stereocenters. The monoisotopic (exact) mass is 346 g/mol. The molecule has 0 spiro atoms. The molecule has 1 aromatic heterocycles. The predicted molar refractivity (Wildman–Crippen MR) is 79.2 cm³/mol. The summed E-state index contributed by atoms with van der Waals surface area (Å²) in [5, 5.41) is 0. The average Bonchev–Trinajstić information content (AvgIpc) is 2.69. The van der Waals surface area contributed by atoms with Crippen molar-refractivity contribution in [3.63, 3.8) is 0 Å². The third kappa shape index (κ3) is 3.11. The van der Waals surface area contributed by atoms with Gasteiger partial charge in [-0.05, 0) is 42.6 Å². The van der Waals surface area contributed by atoms with E-state index in [2.05, 4.69) is 34.8 Å². The fraction of sp³-hybridized carbons (Fsp3) is 0.692. The van der Waals surface area contributed by atoms with Crippen LogP contribution in [-0.4, -0.2) is 21.6 Å². The SMILES string of the molecule is CC(C)[C@H]1c2nc(Br)sc2CN1C(=O)OC(C)(C)C. The highest BCUT2D eigenvalue weighted by Crippen LogP contribution is 2.42. The van der Waals surface area contributed by atoms with Gasteiger partial charge < -0.3 is 4.74 Å². The molecule has 0 fully saturated rings. The van der Waals surface area contributed by atoms with Gasteiger partial charge in [0.1, 0.15) is 5.60 Å². The van der Waals surface area contributed by atoms with Crippen molar-refractivity contribution in [2.45, 2.75) is 52.8 Å². The van der Waals surface area contributed by atoms with E-state index in [9.17, 15) is 4.79 Å². The van der Waals surface area contributed by atoms with Crippen LogP contribution in [0, 0.1) is 5.92 Å². The van der Waals surface area contributed by atoms with E-state index in [1.807, 2.05) is 20.8 Å². The smallest absolute Gasteiger partial charge is 0.411 e. The Labute approximate surface area is 126 Å². The van der Waals surface area contributed by atoms with Crippen LogP contribution >= 0.6 is 27.3 Å². The van der Waals surface area contributed by atoms with Gasteiger partial charge in [-0.25, -0.2) is 9.78 Å². The molecule has 1 aliphatic heterocycles. The lowest BCUT2D eigenvalue weighted by Crippen LogP contribution is -2.37. The molecule has 4 nitrogen and oxygen atoms in total. The highest BCUT2D eigenvalue weighted by atomic mass is 79.9. The van der Waals surface area contributed by atoms with Crippen LogP contribution in [0.4, 0.5) is 4.79 Å². The van der Waals surface area contributed by atoms with Crippen molar-refractivity contribution in [1.29, 1.82) is 0 Å². The minimum Gasteiger partial charge on any atom is -0.444 e. The van der Waals surface area contributed by atoms with E-state index in [1.54, 1.807) is 16.2 Å². The Hall–Kier alpha value is -0.620. The third-order valence-corrected chi connectivity index (χ3v) is 4.40. The van der Waals surface area contributed by atoms with Crippen molar-refractivity contribution in [2.75, 3.05) is 0 Å². The van der Waals surface area contributed by atoms with Crippen LogP contribution in [0.5, 0.6) is 0 Å². The van der Waals surface area contributed by atoms with Gasteiger partial charge in [-0.15, -0.1) is 11.3 Å². The molecule has 1 aromatic rings. The predicted octanol–water partition coefficient (Wildman–Crippen LogP) is 4.35. The summed E-state index contributed by atoms with van der Waals surface area (Å²) in [6.45, 7) is 10.5. The molecular formula is C13H19BrN2O2S. The fourth-order valence-corrected chi connectivity index (χ4v) is 3.85. The highest BCUT2D eigenvalue weighted by molar-refractivity contribution is 9.11. The fourth-order valence-electron chi connectivity index (χ4n) is 2.25. The molecule has 1 amide bonds. The summed E-state index contributed by atoms with van der Waals surface area (Å²) in [5.41, 5.74) is 0.542. The maximum absolute atomic E-state index is 12.3. The first-order chi connectivity index (χ1) is 8.69. The standard InChI is InChI=1S/C13H19BrN2O2S/c1-7(2)10-9-8(19-11(14)15-9)6-16(10)12(17)18-13(3,4)5/h7,10H,6H2,1-5H3/t10-/m0/s1. The summed E-state index contributed by atoms with van der Waals surface area (Å²) in [6.07, 6.45) is -0.257. The molecular weight excluding hydrogens is 328 g/mol. The van der Waals surface area contributed by atoms with Gasteiger partial charge in [-0.2, -0.15) is 0 Å². The zero-order valence-electron chi connectivity index (χ0n) is 11.9.